The lowest BCUT2D eigenvalue weighted by atomic mass is 9.79. The molecule has 0 aliphatic carbocycles. The molecule has 1 aliphatic heterocycles. The van der Waals surface area contributed by atoms with E-state index < -0.39 is 11.5 Å². The van der Waals surface area contributed by atoms with Crippen LogP contribution >= 0.6 is 11.6 Å². The fourth-order valence-electron chi connectivity index (χ4n) is 5.25. The Hall–Kier alpha value is -3.15. The SMILES string of the molecule is CCN1c2cc(Cl)c(/C=N\NC(=O)C(O)(c3ccccc3)c3ccccc3)cc2C(C)CC1(C)C. The van der Waals surface area contributed by atoms with Gasteiger partial charge in [0.15, 0.2) is 5.60 Å². The van der Waals surface area contributed by atoms with E-state index in [0.717, 1.165) is 24.2 Å². The Bertz CT molecular complexity index is 1190. The molecule has 1 aliphatic rings. The van der Waals surface area contributed by atoms with Crippen LogP contribution < -0.4 is 10.3 Å². The molecule has 182 valence electrons. The highest BCUT2D eigenvalue weighted by atomic mass is 35.5. The van der Waals surface area contributed by atoms with Crippen molar-refractivity contribution in [2.24, 2.45) is 5.10 Å². The second-order valence-corrected chi connectivity index (χ2v) is 10.1. The first-order valence-corrected chi connectivity index (χ1v) is 12.3. The molecule has 4 rings (SSSR count). The number of carbonyl (C=O) groups excluding carboxylic acids is 1. The lowest BCUT2D eigenvalue weighted by molar-refractivity contribution is -0.136. The third-order valence-corrected chi connectivity index (χ3v) is 7.23. The highest BCUT2D eigenvalue weighted by Crippen LogP contribution is 2.44. The van der Waals surface area contributed by atoms with Crippen molar-refractivity contribution in [1.82, 2.24) is 5.43 Å². The number of amides is 1. The summed E-state index contributed by atoms with van der Waals surface area (Å²) in [5.41, 5.74) is 4.69. The Morgan fingerprint density at radius 3 is 2.26 bits per heavy atom. The maximum absolute atomic E-state index is 13.3. The van der Waals surface area contributed by atoms with E-state index in [0.29, 0.717) is 22.1 Å². The van der Waals surface area contributed by atoms with Crippen molar-refractivity contribution >= 4 is 29.4 Å². The second kappa shape index (κ2) is 9.84. The van der Waals surface area contributed by atoms with E-state index >= 15 is 0 Å². The number of hydrazone groups is 1. The molecule has 35 heavy (non-hydrogen) atoms. The van der Waals surface area contributed by atoms with Gasteiger partial charge in [-0.1, -0.05) is 79.2 Å². The number of nitrogens with zero attached hydrogens (tertiary/aromatic N) is 2. The Balaban J connectivity index is 1.62. The molecule has 0 bridgehead atoms. The Morgan fingerprint density at radius 1 is 1.14 bits per heavy atom. The summed E-state index contributed by atoms with van der Waals surface area (Å²) in [5, 5.41) is 16.3. The zero-order valence-corrected chi connectivity index (χ0v) is 21.4. The highest BCUT2D eigenvalue weighted by Gasteiger charge is 2.40. The molecule has 0 saturated heterocycles. The molecule has 0 aromatic heterocycles. The van der Waals surface area contributed by atoms with E-state index in [1.807, 2.05) is 18.2 Å². The van der Waals surface area contributed by atoms with Gasteiger partial charge in [0, 0.05) is 23.3 Å². The minimum Gasteiger partial charge on any atom is -0.372 e. The van der Waals surface area contributed by atoms with E-state index in [4.69, 9.17) is 11.6 Å². The van der Waals surface area contributed by atoms with Crippen LogP contribution in [0.2, 0.25) is 5.02 Å². The van der Waals surface area contributed by atoms with E-state index in [9.17, 15) is 9.90 Å². The molecule has 0 radical (unpaired) electrons. The maximum atomic E-state index is 13.3. The summed E-state index contributed by atoms with van der Waals surface area (Å²) < 4.78 is 0. The molecule has 0 fully saturated rings. The average molecular weight is 490 g/mol. The van der Waals surface area contributed by atoms with Crippen LogP contribution in [0, 0.1) is 0 Å². The summed E-state index contributed by atoms with van der Waals surface area (Å²) in [6.45, 7) is 9.79. The van der Waals surface area contributed by atoms with Crippen LogP contribution in [-0.4, -0.2) is 29.3 Å². The monoisotopic (exact) mass is 489 g/mol. The Labute approximate surface area is 212 Å². The molecule has 1 heterocycles. The van der Waals surface area contributed by atoms with Gasteiger partial charge in [0.2, 0.25) is 0 Å². The van der Waals surface area contributed by atoms with Gasteiger partial charge in [-0.25, -0.2) is 5.43 Å². The summed E-state index contributed by atoms with van der Waals surface area (Å²) >= 11 is 6.64. The second-order valence-electron chi connectivity index (χ2n) is 9.74. The lowest BCUT2D eigenvalue weighted by Crippen LogP contribution is -2.48. The molecule has 1 atom stereocenters. The standard InChI is InChI=1S/C29H32ClN3O2/c1-5-33-26-17-25(30)21(16-24(26)20(2)18-28(33,3)4)19-31-32-27(34)29(35,22-12-8-6-9-13-22)23-14-10-7-11-15-23/h6-17,19-20,35H,5,18H2,1-4H3,(H,32,34)/b31-19-. The first-order valence-electron chi connectivity index (χ1n) is 12.0. The molecule has 6 heteroatoms. The minimum atomic E-state index is -1.89. The number of halogens is 1. The smallest absolute Gasteiger partial charge is 0.281 e. The average Bonchev–Trinajstić information content (AvgIpc) is 2.85. The molecule has 0 saturated carbocycles. The van der Waals surface area contributed by atoms with Crippen molar-refractivity contribution in [3.63, 3.8) is 0 Å². The van der Waals surface area contributed by atoms with Crippen LogP contribution in [0.3, 0.4) is 0 Å². The van der Waals surface area contributed by atoms with Gasteiger partial charge in [-0.05, 0) is 61.9 Å². The van der Waals surface area contributed by atoms with E-state index in [2.05, 4.69) is 49.2 Å². The minimum absolute atomic E-state index is 0.0490. The van der Waals surface area contributed by atoms with Crippen molar-refractivity contribution in [3.05, 3.63) is 100 Å². The van der Waals surface area contributed by atoms with Crippen LogP contribution in [0.15, 0.2) is 77.9 Å². The maximum Gasteiger partial charge on any atom is 0.281 e. The van der Waals surface area contributed by atoms with Gasteiger partial charge in [0.05, 0.1) is 11.2 Å². The molecule has 3 aromatic rings. The topological polar surface area (TPSA) is 64.9 Å². The summed E-state index contributed by atoms with van der Waals surface area (Å²) in [7, 11) is 0. The predicted octanol–water partition coefficient (Wildman–Crippen LogP) is 5.84. The quantitative estimate of drug-likeness (QED) is 0.338. The van der Waals surface area contributed by atoms with Gasteiger partial charge in [0.1, 0.15) is 0 Å². The van der Waals surface area contributed by atoms with Crippen molar-refractivity contribution in [1.29, 1.82) is 0 Å². The van der Waals surface area contributed by atoms with E-state index in [1.54, 1.807) is 54.7 Å². The molecule has 0 spiro atoms. The number of benzene rings is 3. The van der Waals surface area contributed by atoms with Gasteiger partial charge >= 0.3 is 0 Å². The number of nitrogens with one attached hydrogen (secondary N) is 1. The van der Waals surface area contributed by atoms with Crippen LogP contribution in [-0.2, 0) is 10.4 Å². The van der Waals surface area contributed by atoms with Crippen LogP contribution in [0.5, 0.6) is 0 Å². The van der Waals surface area contributed by atoms with Gasteiger partial charge in [-0.15, -0.1) is 0 Å². The highest BCUT2D eigenvalue weighted by molar-refractivity contribution is 6.33. The summed E-state index contributed by atoms with van der Waals surface area (Å²) in [6.07, 6.45) is 2.57. The van der Waals surface area contributed by atoms with Crippen molar-refractivity contribution < 1.29 is 9.90 Å². The molecular weight excluding hydrogens is 458 g/mol. The number of fused-ring (bicyclic) bond motifs is 1. The molecule has 3 aromatic carbocycles. The molecule has 1 amide bonds. The van der Waals surface area contributed by atoms with Gasteiger partial charge < -0.3 is 10.0 Å². The number of hydrogen-bond acceptors (Lipinski definition) is 4. The third kappa shape index (κ3) is 4.71. The lowest BCUT2D eigenvalue weighted by Gasteiger charge is -2.47. The normalized spacial score (nSPS) is 17.3. The molecule has 5 nitrogen and oxygen atoms in total. The molecule has 2 N–H and O–H groups in total. The van der Waals surface area contributed by atoms with Crippen molar-refractivity contribution in [2.45, 2.75) is 51.2 Å². The van der Waals surface area contributed by atoms with Crippen LogP contribution in [0.4, 0.5) is 5.69 Å². The van der Waals surface area contributed by atoms with Crippen molar-refractivity contribution in [2.75, 3.05) is 11.4 Å². The van der Waals surface area contributed by atoms with Gasteiger partial charge in [-0.2, -0.15) is 5.10 Å². The third-order valence-electron chi connectivity index (χ3n) is 6.90. The molecular formula is C29H32ClN3O2. The van der Waals surface area contributed by atoms with Crippen molar-refractivity contribution in [3.8, 4) is 0 Å². The number of anilines is 1. The number of carbonyl (C=O) groups is 1. The van der Waals surface area contributed by atoms with Crippen LogP contribution in [0.25, 0.3) is 0 Å². The van der Waals surface area contributed by atoms with Gasteiger partial charge in [-0.3, -0.25) is 4.79 Å². The first kappa shape index (κ1) is 25.0. The number of aliphatic hydroxyl groups is 1. The predicted molar refractivity (Wildman–Crippen MR) is 143 cm³/mol. The van der Waals surface area contributed by atoms with Gasteiger partial charge in [0.25, 0.3) is 5.91 Å². The Kier molecular flexibility index (Phi) is 7.02. The van der Waals surface area contributed by atoms with E-state index in [-0.39, 0.29) is 5.54 Å². The number of rotatable bonds is 6. The zero-order chi connectivity index (χ0) is 25.2. The first-order chi connectivity index (χ1) is 16.7. The summed E-state index contributed by atoms with van der Waals surface area (Å²) in [5.74, 6) is -0.282. The van der Waals surface area contributed by atoms with E-state index in [1.165, 1.54) is 5.56 Å². The fourth-order valence-corrected chi connectivity index (χ4v) is 5.45. The van der Waals surface area contributed by atoms with Crippen LogP contribution in [0.1, 0.15) is 62.3 Å². The zero-order valence-electron chi connectivity index (χ0n) is 20.6. The molecule has 1 unspecified atom stereocenters. The Morgan fingerprint density at radius 2 is 1.71 bits per heavy atom. The fraction of sp³-hybridized carbons (Fsp3) is 0.310. The summed E-state index contributed by atoms with van der Waals surface area (Å²) in [4.78, 5) is 15.7. The number of hydrogen-bond donors (Lipinski definition) is 2. The summed E-state index contributed by atoms with van der Waals surface area (Å²) in [6, 6.07) is 21.8. The largest absolute Gasteiger partial charge is 0.372 e.